The Bertz CT molecular complexity index is 1060. The Morgan fingerprint density at radius 3 is 2.50 bits per heavy atom. The van der Waals surface area contributed by atoms with Gasteiger partial charge in [0.2, 0.25) is 0 Å². The Labute approximate surface area is 171 Å². The summed E-state index contributed by atoms with van der Waals surface area (Å²) in [4.78, 5) is 12.5. The fourth-order valence-corrected chi connectivity index (χ4v) is 3.70. The van der Waals surface area contributed by atoms with E-state index in [1.165, 1.54) is 11.8 Å². The minimum absolute atomic E-state index is 0.00970. The van der Waals surface area contributed by atoms with E-state index in [9.17, 15) is 4.79 Å². The lowest BCUT2D eigenvalue weighted by Crippen LogP contribution is -2.06. The number of thioether (sulfide) groups is 1. The quantitative estimate of drug-likeness (QED) is 0.309. The fraction of sp³-hybridized carbons (Fsp3) is 0.0952. The van der Waals surface area contributed by atoms with Gasteiger partial charge in [-0.25, -0.2) is 0 Å². The molecular formula is C21H16ClN3O2S. The molecule has 2 aromatic heterocycles. The number of hydrogen-bond donors (Lipinski definition) is 0. The number of carbonyl (C=O) groups is 1. The Balaban J connectivity index is 1.58. The topological polar surface area (TPSA) is 60.9 Å². The van der Waals surface area contributed by atoms with Gasteiger partial charge in [0, 0.05) is 16.1 Å². The maximum atomic E-state index is 12.5. The van der Waals surface area contributed by atoms with E-state index in [0.717, 1.165) is 17.1 Å². The number of nitrogens with zero attached hydrogens (tertiary/aromatic N) is 3. The predicted molar refractivity (Wildman–Crippen MR) is 110 cm³/mol. The van der Waals surface area contributed by atoms with E-state index in [4.69, 9.17) is 16.0 Å². The van der Waals surface area contributed by atoms with Crippen LogP contribution in [0.15, 0.2) is 82.6 Å². The number of benzene rings is 2. The smallest absolute Gasteiger partial charge is 0.192 e. The summed E-state index contributed by atoms with van der Waals surface area (Å²) in [6.07, 6.45) is 1.64. The van der Waals surface area contributed by atoms with Crippen LogP contribution in [0.3, 0.4) is 0 Å². The third-order valence-corrected chi connectivity index (χ3v) is 5.36. The first-order chi connectivity index (χ1) is 13.7. The lowest BCUT2D eigenvalue weighted by Gasteiger charge is -2.08. The van der Waals surface area contributed by atoms with Crippen molar-refractivity contribution in [1.82, 2.24) is 14.8 Å². The zero-order valence-corrected chi connectivity index (χ0v) is 16.4. The van der Waals surface area contributed by atoms with Crippen LogP contribution in [-0.4, -0.2) is 26.3 Å². The van der Waals surface area contributed by atoms with E-state index in [-0.39, 0.29) is 11.5 Å². The molecule has 4 aromatic rings. The maximum absolute atomic E-state index is 12.5. The minimum Gasteiger partial charge on any atom is -0.467 e. The second-order valence-electron chi connectivity index (χ2n) is 6.06. The second kappa shape index (κ2) is 8.46. The van der Waals surface area contributed by atoms with Crippen molar-refractivity contribution in [3.8, 4) is 11.4 Å². The summed E-state index contributed by atoms with van der Waals surface area (Å²) >= 11 is 7.25. The van der Waals surface area contributed by atoms with Gasteiger partial charge in [-0.15, -0.1) is 10.2 Å². The summed E-state index contributed by atoms with van der Waals surface area (Å²) < 4.78 is 7.46. The number of carbonyl (C=O) groups excluding carboxylic acids is 1. The van der Waals surface area contributed by atoms with Gasteiger partial charge in [0.05, 0.1) is 18.6 Å². The molecule has 0 N–H and O–H groups in total. The molecule has 0 aliphatic rings. The second-order valence-corrected chi connectivity index (χ2v) is 7.44. The van der Waals surface area contributed by atoms with Gasteiger partial charge in [-0.1, -0.05) is 53.7 Å². The normalized spacial score (nSPS) is 10.9. The molecule has 28 heavy (non-hydrogen) atoms. The molecule has 4 rings (SSSR count). The molecule has 0 fully saturated rings. The van der Waals surface area contributed by atoms with Crippen LogP contribution >= 0.6 is 23.4 Å². The van der Waals surface area contributed by atoms with Gasteiger partial charge in [-0.2, -0.15) is 0 Å². The van der Waals surface area contributed by atoms with Gasteiger partial charge in [0.1, 0.15) is 5.76 Å². The van der Waals surface area contributed by atoms with Gasteiger partial charge in [0.15, 0.2) is 16.8 Å². The Morgan fingerprint density at radius 2 is 1.79 bits per heavy atom. The van der Waals surface area contributed by atoms with E-state index in [1.54, 1.807) is 30.5 Å². The predicted octanol–water partition coefficient (Wildman–Crippen LogP) is 5.21. The first kappa shape index (κ1) is 18.5. The fourth-order valence-electron chi connectivity index (χ4n) is 2.75. The maximum Gasteiger partial charge on any atom is 0.192 e. The van der Waals surface area contributed by atoms with E-state index < -0.39 is 0 Å². The summed E-state index contributed by atoms with van der Waals surface area (Å²) in [7, 11) is 0. The van der Waals surface area contributed by atoms with Gasteiger partial charge in [0.25, 0.3) is 0 Å². The van der Waals surface area contributed by atoms with Crippen molar-refractivity contribution in [2.75, 3.05) is 5.75 Å². The van der Waals surface area contributed by atoms with Crippen LogP contribution in [0.2, 0.25) is 5.02 Å². The van der Waals surface area contributed by atoms with Crippen molar-refractivity contribution in [3.05, 3.63) is 89.3 Å². The van der Waals surface area contributed by atoms with Gasteiger partial charge < -0.3 is 4.42 Å². The molecule has 0 aliphatic heterocycles. The third-order valence-electron chi connectivity index (χ3n) is 4.14. The van der Waals surface area contributed by atoms with Gasteiger partial charge >= 0.3 is 0 Å². The molecule has 0 bridgehead atoms. The number of hydrogen-bond acceptors (Lipinski definition) is 5. The lowest BCUT2D eigenvalue weighted by atomic mass is 10.1. The van der Waals surface area contributed by atoms with Crippen molar-refractivity contribution in [3.63, 3.8) is 0 Å². The lowest BCUT2D eigenvalue weighted by molar-refractivity contribution is 0.102. The molecule has 0 atom stereocenters. The average molecular weight is 410 g/mol. The highest BCUT2D eigenvalue weighted by Crippen LogP contribution is 2.26. The number of aromatic nitrogens is 3. The molecule has 0 amide bonds. The molecule has 0 saturated heterocycles. The van der Waals surface area contributed by atoms with Crippen LogP contribution < -0.4 is 0 Å². The van der Waals surface area contributed by atoms with E-state index in [1.807, 2.05) is 47.0 Å². The molecule has 0 aliphatic carbocycles. The molecule has 0 radical (unpaired) electrons. The molecule has 0 unspecified atom stereocenters. The minimum atomic E-state index is 0.00970. The molecule has 140 valence electrons. The number of halogens is 1. The summed E-state index contributed by atoms with van der Waals surface area (Å²) in [6, 6.07) is 20.5. The van der Waals surface area contributed by atoms with Crippen LogP contribution in [0.25, 0.3) is 11.4 Å². The van der Waals surface area contributed by atoms with Crippen LogP contribution in [0.5, 0.6) is 0 Å². The summed E-state index contributed by atoms with van der Waals surface area (Å²) in [5.74, 6) is 1.80. The van der Waals surface area contributed by atoms with Crippen LogP contribution in [0, 0.1) is 0 Å². The number of furan rings is 1. The van der Waals surface area contributed by atoms with Gasteiger partial charge in [-0.05, 0) is 36.4 Å². The van der Waals surface area contributed by atoms with E-state index >= 15 is 0 Å². The standard InChI is InChI=1S/C21H16ClN3O2S/c22-17-10-8-15(9-11-17)19(26)14-28-21-24-23-20(16-5-2-1-3-6-16)25(21)13-18-7-4-12-27-18/h1-12H,13-14H2. The number of ketones is 1. The van der Waals surface area contributed by atoms with Gasteiger partial charge in [-0.3, -0.25) is 9.36 Å². The number of rotatable bonds is 7. The highest BCUT2D eigenvalue weighted by Gasteiger charge is 2.17. The Hall–Kier alpha value is -2.83. The number of Topliss-reactive ketones (excluding diaryl/α,β-unsaturated/α-hetero) is 1. The molecule has 0 saturated carbocycles. The molecule has 0 spiro atoms. The first-order valence-electron chi connectivity index (χ1n) is 8.63. The van der Waals surface area contributed by atoms with Crippen molar-refractivity contribution >= 4 is 29.1 Å². The molecule has 2 aromatic carbocycles. The SMILES string of the molecule is O=C(CSc1nnc(-c2ccccc2)n1Cc1ccco1)c1ccc(Cl)cc1. The molecular weight excluding hydrogens is 394 g/mol. The van der Waals surface area contributed by atoms with E-state index in [2.05, 4.69) is 10.2 Å². The summed E-state index contributed by atoms with van der Waals surface area (Å²) in [5, 5.41) is 9.94. The zero-order valence-electron chi connectivity index (χ0n) is 14.8. The van der Waals surface area contributed by atoms with Crippen molar-refractivity contribution in [1.29, 1.82) is 0 Å². The van der Waals surface area contributed by atoms with Crippen molar-refractivity contribution in [2.24, 2.45) is 0 Å². The van der Waals surface area contributed by atoms with E-state index in [0.29, 0.717) is 22.3 Å². The van der Waals surface area contributed by atoms with Crippen LogP contribution in [-0.2, 0) is 6.54 Å². The Morgan fingerprint density at radius 1 is 1.00 bits per heavy atom. The first-order valence-corrected chi connectivity index (χ1v) is 9.99. The van der Waals surface area contributed by atoms with Crippen molar-refractivity contribution < 1.29 is 9.21 Å². The highest BCUT2D eigenvalue weighted by atomic mass is 35.5. The van der Waals surface area contributed by atoms with Crippen molar-refractivity contribution in [2.45, 2.75) is 11.7 Å². The summed E-state index contributed by atoms with van der Waals surface area (Å²) in [6.45, 7) is 0.488. The zero-order chi connectivity index (χ0) is 19.3. The third kappa shape index (κ3) is 4.18. The highest BCUT2D eigenvalue weighted by molar-refractivity contribution is 7.99. The largest absolute Gasteiger partial charge is 0.467 e. The average Bonchev–Trinajstić information content (AvgIpc) is 3.38. The molecule has 7 heteroatoms. The van der Waals surface area contributed by atoms with Crippen LogP contribution in [0.4, 0.5) is 0 Å². The molecule has 2 heterocycles. The Kier molecular flexibility index (Phi) is 5.60. The van der Waals surface area contributed by atoms with Crippen LogP contribution in [0.1, 0.15) is 16.1 Å². The monoisotopic (exact) mass is 409 g/mol. The summed E-state index contributed by atoms with van der Waals surface area (Å²) in [5.41, 5.74) is 1.58. The molecule has 5 nitrogen and oxygen atoms in total.